The van der Waals surface area contributed by atoms with Crippen molar-refractivity contribution in [1.29, 1.82) is 0 Å². The molecule has 1 aromatic heterocycles. The predicted molar refractivity (Wildman–Crippen MR) is 127 cm³/mol. The number of nitrogens with one attached hydrogen (secondary N) is 2. The van der Waals surface area contributed by atoms with Gasteiger partial charge in [0, 0.05) is 17.9 Å². The van der Waals surface area contributed by atoms with Crippen molar-refractivity contribution in [3.63, 3.8) is 0 Å². The van der Waals surface area contributed by atoms with E-state index in [4.69, 9.17) is 4.74 Å². The number of nitrogens with zero attached hydrogens (tertiary/aromatic N) is 2. The van der Waals surface area contributed by atoms with Crippen molar-refractivity contribution in [2.75, 3.05) is 28.9 Å². The monoisotopic (exact) mass is 484 g/mol. The number of aryl methyl sites for hydroxylation is 1. The van der Waals surface area contributed by atoms with Gasteiger partial charge in [-0.15, -0.1) is 0 Å². The molecule has 0 unspecified atom stereocenters. The van der Waals surface area contributed by atoms with E-state index in [1.807, 2.05) is 36.2 Å². The highest BCUT2D eigenvalue weighted by atomic mass is 32.2. The molecule has 0 saturated heterocycles. The number of hydrogen-bond acceptors (Lipinski definition) is 6. The average molecular weight is 485 g/mol. The molecule has 0 radical (unpaired) electrons. The lowest BCUT2D eigenvalue weighted by molar-refractivity contribution is -0.117. The van der Waals surface area contributed by atoms with Crippen LogP contribution >= 0.6 is 0 Å². The summed E-state index contributed by atoms with van der Waals surface area (Å²) in [6, 6.07) is 13.6. The molecule has 0 atom stereocenters. The molecule has 2 aromatic carbocycles. The maximum Gasteiger partial charge on any atom is 0.325 e. The zero-order chi connectivity index (χ0) is 24.5. The molecular formula is C23H24N4O6S. The normalized spacial score (nSPS) is 12.9. The molecule has 2 heterocycles. The van der Waals surface area contributed by atoms with Gasteiger partial charge in [0.2, 0.25) is 5.91 Å². The van der Waals surface area contributed by atoms with Gasteiger partial charge in [0.25, 0.3) is 15.6 Å². The zero-order valence-corrected chi connectivity index (χ0v) is 19.5. The SMILES string of the molecule is CCOc1ccc(N(CC(=O)N2CCc3ccccc32)S(=O)(=O)c2c(C)[nH]c(=O)[nH]c2=O)cc1. The summed E-state index contributed by atoms with van der Waals surface area (Å²) in [7, 11) is -4.53. The largest absolute Gasteiger partial charge is 0.494 e. The van der Waals surface area contributed by atoms with E-state index in [1.54, 1.807) is 12.1 Å². The summed E-state index contributed by atoms with van der Waals surface area (Å²) in [6.45, 7) is 3.46. The second kappa shape index (κ2) is 9.18. The van der Waals surface area contributed by atoms with Crippen LogP contribution in [0.3, 0.4) is 0 Å². The van der Waals surface area contributed by atoms with Crippen molar-refractivity contribution >= 4 is 27.3 Å². The van der Waals surface area contributed by atoms with E-state index >= 15 is 0 Å². The van der Waals surface area contributed by atoms with E-state index in [1.165, 1.54) is 24.0 Å². The topological polar surface area (TPSA) is 133 Å². The van der Waals surface area contributed by atoms with Gasteiger partial charge >= 0.3 is 5.69 Å². The number of aromatic amines is 2. The highest BCUT2D eigenvalue weighted by Gasteiger charge is 2.34. The maximum absolute atomic E-state index is 13.7. The molecule has 2 N–H and O–H groups in total. The summed E-state index contributed by atoms with van der Waals surface area (Å²) in [5, 5.41) is 0. The molecule has 0 saturated carbocycles. The van der Waals surface area contributed by atoms with Gasteiger partial charge in [-0.05, 0) is 56.2 Å². The number of aromatic nitrogens is 2. The second-order valence-electron chi connectivity index (χ2n) is 7.73. The van der Waals surface area contributed by atoms with Gasteiger partial charge in [0.15, 0.2) is 4.90 Å². The highest BCUT2D eigenvalue weighted by Crippen LogP contribution is 2.30. The Hall–Kier alpha value is -3.86. The van der Waals surface area contributed by atoms with Crippen LogP contribution in [0.15, 0.2) is 63.0 Å². The number of hydrogen-bond donors (Lipinski definition) is 2. The molecule has 1 aliphatic rings. The Labute approximate surface area is 195 Å². The first-order chi connectivity index (χ1) is 16.2. The molecule has 0 aliphatic carbocycles. The van der Waals surface area contributed by atoms with Gasteiger partial charge in [-0.3, -0.25) is 18.9 Å². The van der Waals surface area contributed by atoms with Crippen LogP contribution in [0.4, 0.5) is 11.4 Å². The Morgan fingerprint density at radius 1 is 1.09 bits per heavy atom. The first-order valence-electron chi connectivity index (χ1n) is 10.7. The molecule has 3 aromatic rings. The molecule has 10 nitrogen and oxygen atoms in total. The second-order valence-corrected chi connectivity index (χ2v) is 9.52. The van der Waals surface area contributed by atoms with Crippen LogP contribution in [0.5, 0.6) is 5.75 Å². The van der Waals surface area contributed by atoms with Gasteiger partial charge in [0.1, 0.15) is 12.3 Å². The summed E-state index contributed by atoms with van der Waals surface area (Å²) in [5.41, 5.74) is -0.0956. The predicted octanol–water partition coefficient (Wildman–Crippen LogP) is 1.55. The lowest BCUT2D eigenvalue weighted by Gasteiger charge is -2.27. The quantitative estimate of drug-likeness (QED) is 0.523. The lowest BCUT2D eigenvalue weighted by Crippen LogP contribution is -2.44. The van der Waals surface area contributed by atoms with Gasteiger partial charge in [-0.2, -0.15) is 0 Å². The molecule has 0 fully saturated rings. The number of carbonyl (C=O) groups is 1. The minimum Gasteiger partial charge on any atom is -0.494 e. The zero-order valence-electron chi connectivity index (χ0n) is 18.7. The molecule has 0 bridgehead atoms. The Morgan fingerprint density at radius 3 is 2.47 bits per heavy atom. The fourth-order valence-electron chi connectivity index (χ4n) is 4.01. The van der Waals surface area contributed by atoms with Crippen LogP contribution in [0.1, 0.15) is 18.2 Å². The van der Waals surface area contributed by atoms with E-state index < -0.39 is 38.6 Å². The lowest BCUT2D eigenvalue weighted by atomic mass is 10.2. The number of sulfonamides is 1. The highest BCUT2D eigenvalue weighted by molar-refractivity contribution is 7.92. The Morgan fingerprint density at radius 2 is 1.79 bits per heavy atom. The first kappa shape index (κ1) is 23.3. The van der Waals surface area contributed by atoms with E-state index in [0.717, 1.165) is 15.6 Å². The first-order valence-corrected chi connectivity index (χ1v) is 12.1. The minimum absolute atomic E-state index is 0.122. The molecule has 1 aliphatic heterocycles. The molecule has 4 rings (SSSR count). The molecule has 34 heavy (non-hydrogen) atoms. The van der Waals surface area contributed by atoms with E-state index in [9.17, 15) is 22.8 Å². The van der Waals surface area contributed by atoms with Crippen LogP contribution in [0, 0.1) is 6.92 Å². The summed E-state index contributed by atoms with van der Waals surface area (Å²) < 4.78 is 33.7. The average Bonchev–Trinajstić information content (AvgIpc) is 3.21. The van der Waals surface area contributed by atoms with E-state index in [0.29, 0.717) is 25.3 Å². The third-order valence-corrected chi connectivity index (χ3v) is 7.45. The minimum atomic E-state index is -4.53. The van der Waals surface area contributed by atoms with Crippen molar-refractivity contribution in [1.82, 2.24) is 9.97 Å². The summed E-state index contributed by atoms with van der Waals surface area (Å²) >= 11 is 0. The number of H-pyrrole nitrogens is 2. The number of para-hydroxylation sites is 1. The number of carbonyl (C=O) groups excluding carboxylic acids is 1. The molecule has 1 amide bonds. The molecule has 11 heteroatoms. The van der Waals surface area contributed by atoms with Crippen LogP contribution in [-0.4, -0.2) is 44.0 Å². The molecular weight excluding hydrogens is 460 g/mol. The van der Waals surface area contributed by atoms with Crippen molar-refractivity contribution in [3.05, 3.63) is 80.6 Å². The Kier molecular flexibility index (Phi) is 6.29. The van der Waals surface area contributed by atoms with Gasteiger partial charge < -0.3 is 14.6 Å². The van der Waals surface area contributed by atoms with Crippen LogP contribution in [-0.2, 0) is 21.2 Å². The van der Waals surface area contributed by atoms with Crippen molar-refractivity contribution in [2.24, 2.45) is 0 Å². The standard InChI is InChI=1S/C23H24N4O6S/c1-3-33-18-10-8-17(9-11-18)27(34(31,32)21-15(2)24-23(30)25-22(21)29)14-20(28)26-13-12-16-6-4-5-7-19(16)26/h4-11H,3,12-14H2,1-2H3,(H2,24,25,29,30). The number of rotatable bonds is 7. The maximum atomic E-state index is 13.7. The Bertz CT molecular complexity index is 1440. The number of benzene rings is 2. The number of fused-ring (bicyclic) bond motifs is 1. The third-order valence-electron chi connectivity index (χ3n) is 5.53. The van der Waals surface area contributed by atoms with Gasteiger partial charge in [0.05, 0.1) is 12.3 Å². The van der Waals surface area contributed by atoms with Crippen molar-refractivity contribution in [2.45, 2.75) is 25.2 Å². The van der Waals surface area contributed by atoms with Crippen LogP contribution in [0.25, 0.3) is 0 Å². The smallest absolute Gasteiger partial charge is 0.325 e. The third kappa shape index (κ3) is 4.34. The number of anilines is 2. The fourth-order valence-corrected chi connectivity index (χ4v) is 5.63. The van der Waals surface area contributed by atoms with Gasteiger partial charge in [-0.25, -0.2) is 13.2 Å². The molecule has 178 valence electrons. The molecule has 0 spiro atoms. The van der Waals surface area contributed by atoms with Crippen molar-refractivity contribution in [3.8, 4) is 5.75 Å². The number of amides is 1. The van der Waals surface area contributed by atoms with Crippen LogP contribution in [0.2, 0.25) is 0 Å². The fraction of sp³-hybridized carbons (Fsp3) is 0.261. The van der Waals surface area contributed by atoms with E-state index in [-0.39, 0.29) is 11.4 Å². The summed E-state index contributed by atoms with van der Waals surface area (Å²) in [5.74, 6) is 0.0855. The summed E-state index contributed by atoms with van der Waals surface area (Å²) in [4.78, 5) is 42.6. The number of ether oxygens (including phenoxy) is 1. The van der Waals surface area contributed by atoms with Gasteiger partial charge in [-0.1, -0.05) is 18.2 Å². The van der Waals surface area contributed by atoms with Crippen LogP contribution < -0.4 is 25.2 Å². The van der Waals surface area contributed by atoms with Crippen molar-refractivity contribution < 1.29 is 17.9 Å². The van der Waals surface area contributed by atoms with E-state index in [2.05, 4.69) is 4.98 Å². The Balaban J connectivity index is 1.77. The summed E-state index contributed by atoms with van der Waals surface area (Å²) in [6.07, 6.45) is 0.663.